The van der Waals surface area contributed by atoms with Crippen LogP contribution in [0.25, 0.3) is 0 Å². The number of carbonyl (C=O) groups excluding carboxylic acids is 1. The lowest BCUT2D eigenvalue weighted by molar-refractivity contribution is -0.133. The number of methoxy groups -OCH3 is 1. The second-order valence-corrected chi connectivity index (χ2v) is 3.58. The Balaban J connectivity index is 2.65. The van der Waals surface area contributed by atoms with Gasteiger partial charge in [-0.15, -0.1) is 0 Å². The van der Waals surface area contributed by atoms with Crippen molar-refractivity contribution < 1.29 is 9.53 Å². The highest BCUT2D eigenvalue weighted by molar-refractivity contribution is 5.88. The predicted molar refractivity (Wildman–Crippen MR) is 51.0 cm³/mol. The molecule has 72 valence electrons. The van der Waals surface area contributed by atoms with E-state index < -0.39 is 5.97 Å². The third-order valence-corrected chi connectivity index (χ3v) is 2.85. The first-order valence-corrected chi connectivity index (χ1v) is 4.83. The van der Waals surface area contributed by atoms with Gasteiger partial charge in [0, 0.05) is 11.3 Å². The van der Waals surface area contributed by atoms with Crippen molar-refractivity contribution in [2.24, 2.45) is 5.41 Å². The van der Waals surface area contributed by atoms with Crippen LogP contribution in [0.3, 0.4) is 0 Å². The number of carbonyl (C=O) groups is 1. The summed E-state index contributed by atoms with van der Waals surface area (Å²) in [5, 5.41) is 0. The maximum atomic E-state index is 10.8. The highest BCUT2D eigenvalue weighted by Gasteiger charge is 2.29. The van der Waals surface area contributed by atoms with Crippen LogP contribution >= 0.6 is 0 Å². The lowest BCUT2D eigenvalue weighted by Gasteiger charge is -2.19. The van der Waals surface area contributed by atoms with Crippen molar-refractivity contribution in [3.05, 3.63) is 0 Å². The quantitative estimate of drug-likeness (QED) is 0.351. The van der Waals surface area contributed by atoms with Gasteiger partial charge < -0.3 is 4.74 Å². The average molecular weight is 180 g/mol. The monoisotopic (exact) mass is 180 g/mol. The summed E-state index contributed by atoms with van der Waals surface area (Å²) in [5.41, 5.74) is 0.105. The fourth-order valence-corrected chi connectivity index (χ4v) is 1.85. The molecular formula is C11H16O2. The first-order chi connectivity index (χ1) is 6.22. The minimum absolute atomic E-state index is 0.105. The van der Waals surface area contributed by atoms with E-state index in [1.165, 1.54) is 20.0 Å². The number of rotatable bonds is 1. The normalized spacial score (nSPS) is 18.9. The first kappa shape index (κ1) is 10.1. The van der Waals surface area contributed by atoms with Crippen molar-refractivity contribution in [3.8, 4) is 11.8 Å². The topological polar surface area (TPSA) is 26.3 Å². The minimum Gasteiger partial charge on any atom is -0.459 e. The van der Waals surface area contributed by atoms with Crippen LogP contribution in [0.1, 0.15) is 39.0 Å². The molecule has 1 aliphatic rings. The molecule has 13 heavy (non-hydrogen) atoms. The maximum Gasteiger partial charge on any atom is 0.384 e. The molecule has 0 heterocycles. The summed E-state index contributed by atoms with van der Waals surface area (Å²) < 4.78 is 4.49. The van der Waals surface area contributed by atoms with E-state index in [1.807, 2.05) is 0 Å². The lowest BCUT2D eigenvalue weighted by atomic mass is 9.84. The van der Waals surface area contributed by atoms with Gasteiger partial charge in [-0.25, -0.2) is 4.79 Å². The van der Waals surface area contributed by atoms with Crippen molar-refractivity contribution in [1.29, 1.82) is 0 Å². The van der Waals surface area contributed by atoms with E-state index >= 15 is 0 Å². The maximum absolute atomic E-state index is 10.8. The van der Waals surface area contributed by atoms with Gasteiger partial charge in [-0.3, -0.25) is 0 Å². The molecule has 1 rings (SSSR count). The van der Waals surface area contributed by atoms with Gasteiger partial charge in [0.1, 0.15) is 0 Å². The number of ether oxygens (including phenoxy) is 1. The molecule has 0 aromatic carbocycles. The van der Waals surface area contributed by atoms with Gasteiger partial charge in [0.25, 0.3) is 0 Å². The number of hydrogen-bond acceptors (Lipinski definition) is 2. The molecular weight excluding hydrogens is 164 g/mol. The zero-order valence-electron chi connectivity index (χ0n) is 8.35. The summed E-state index contributed by atoms with van der Waals surface area (Å²) >= 11 is 0. The molecule has 0 bridgehead atoms. The van der Waals surface area contributed by atoms with E-state index in [4.69, 9.17) is 0 Å². The largest absolute Gasteiger partial charge is 0.459 e. The highest BCUT2D eigenvalue weighted by atomic mass is 16.5. The molecule has 0 spiro atoms. The Morgan fingerprint density at radius 3 is 2.54 bits per heavy atom. The van der Waals surface area contributed by atoms with E-state index in [1.54, 1.807) is 0 Å². The summed E-state index contributed by atoms with van der Waals surface area (Å²) in [6.45, 7) is 2.14. The summed E-state index contributed by atoms with van der Waals surface area (Å²) in [6, 6.07) is 0. The fourth-order valence-electron chi connectivity index (χ4n) is 1.85. The smallest absolute Gasteiger partial charge is 0.384 e. The van der Waals surface area contributed by atoms with E-state index in [2.05, 4.69) is 23.5 Å². The molecule has 0 aromatic rings. The molecule has 0 aliphatic heterocycles. The molecule has 0 radical (unpaired) electrons. The third kappa shape index (κ3) is 2.48. The van der Waals surface area contributed by atoms with Gasteiger partial charge in [0.05, 0.1) is 7.11 Å². The molecule has 1 fully saturated rings. The SMILES string of the molecule is CCC1(C#CC(=O)OC)CCCC1. The first-order valence-electron chi connectivity index (χ1n) is 4.83. The van der Waals surface area contributed by atoms with Crippen molar-refractivity contribution in [3.63, 3.8) is 0 Å². The number of esters is 1. The highest BCUT2D eigenvalue weighted by Crippen LogP contribution is 2.40. The summed E-state index contributed by atoms with van der Waals surface area (Å²) in [5.74, 6) is 5.21. The van der Waals surface area contributed by atoms with Gasteiger partial charge in [-0.05, 0) is 19.3 Å². The Labute approximate surface area is 79.7 Å². The van der Waals surface area contributed by atoms with Crippen LogP contribution < -0.4 is 0 Å². The molecule has 2 nitrogen and oxygen atoms in total. The predicted octanol–water partition coefficient (Wildman–Crippen LogP) is 2.13. The Hall–Kier alpha value is -0.970. The van der Waals surface area contributed by atoms with Gasteiger partial charge in [-0.2, -0.15) is 0 Å². The number of hydrogen-bond donors (Lipinski definition) is 0. The van der Waals surface area contributed by atoms with Crippen LogP contribution in [0.4, 0.5) is 0 Å². The second kappa shape index (κ2) is 4.32. The Kier molecular flexibility index (Phi) is 3.36. The van der Waals surface area contributed by atoms with Crippen LogP contribution in [-0.2, 0) is 9.53 Å². The van der Waals surface area contributed by atoms with E-state index in [-0.39, 0.29) is 5.41 Å². The summed E-state index contributed by atoms with van der Waals surface area (Å²) in [4.78, 5) is 10.8. The van der Waals surface area contributed by atoms with Crippen molar-refractivity contribution >= 4 is 5.97 Å². The molecule has 1 aliphatic carbocycles. The Morgan fingerprint density at radius 2 is 2.08 bits per heavy atom. The summed E-state index contributed by atoms with van der Waals surface area (Å²) in [7, 11) is 1.37. The van der Waals surface area contributed by atoms with Gasteiger partial charge in [-0.1, -0.05) is 25.7 Å². The average Bonchev–Trinajstić information content (AvgIpc) is 2.63. The van der Waals surface area contributed by atoms with Crippen LogP contribution in [0.5, 0.6) is 0 Å². The molecule has 0 saturated heterocycles. The van der Waals surface area contributed by atoms with Gasteiger partial charge >= 0.3 is 5.97 Å². The molecule has 0 amide bonds. The molecule has 1 saturated carbocycles. The van der Waals surface area contributed by atoms with Crippen LogP contribution in [0.2, 0.25) is 0 Å². The molecule has 0 aromatic heterocycles. The van der Waals surface area contributed by atoms with E-state index in [9.17, 15) is 4.79 Å². The van der Waals surface area contributed by atoms with Crippen molar-refractivity contribution in [1.82, 2.24) is 0 Å². The summed E-state index contributed by atoms with van der Waals surface area (Å²) in [6.07, 6.45) is 5.78. The zero-order valence-corrected chi connectivity index (χ0v) is 8.35. The van der Waals surface area contributed by atoms with Crippen LogP contribution in [0, 0.1) is 17.3 Å². The molecule has 0 atom stereocenters. The zero-order chi connectivity index (χ0) is 9.73. The lowest BCUT2D eigenvalue weighted by Crippen LogP contribution is -2.12. The Morgan fingerprint density at radius 1 is 1.46 bits per heavy atom. The van der Waals surface area contributed by atoms with E-state index in [0.29, 0.717) is 0 Å². The van der Waals surface area contributed by atoms with Gasteiger partial charge in [0.2, 0.25) is 0 Å². The van der Waals surface area contributed by atoms with E-state index in [0.717, 1.165) is 19.3 Å². The molecule has 0 unspecified atom stereocenters. The van der Waals surface area contributed by atoms with Gasteiger partial charge in [0.15, 0.2) is 0 Å². The van der Waals surface area contributed by atoms with Crippen molar-refractivity contribution in [2.45, 2.75) is 39.0 Å². The second-order valence-electron chi connectivity index (χ2n) is 3.58. The fraction of sp³-hybridized carbons (Fsp3) is 0.727. The van der Waals surface area contributed by atoms with Crippen LogP contribution in [-0.4, -0.2) is 13.1 Å². The molecule has 0 N–H and O–H groups in total. The standard InChI is InChI=1S/C11H16O2/c1-3-11(7-4-5-8-11)9-6-10(12)13-2/h3-5,7-8H2,1-2H3. The van der Waals surface area contributed by atoms with Crippen molar-refractivity contribution in [2.75, 3.05) is 7.11 Å². The molecule has 2 heteroatoms. The minimum atomic E-state index is -0.417. The third-order valence-electron chi connectivity index (χ3n) is 2.85. The van der Waals surface area contributed by atoms with Crippen LogP contribution in [0.15, 0.2) is 0 Å². The Bertz CT molecular complexity index is 239.